The first-order chi connectivity index (χ1) is 9.87. The summed E-state index contributed by atoms with van der Waals surface area (Å²) < 4.78 is 21.7. The van der Waals surface area contributed by atoms with E-state index in [4.69, 9.17) is 5.11 Å². The van der Waals surface area contributed by atoms with Crippen LogP contribution in [0, 0.1) is 12.8 Å². The number of hydrogen-bond acceptors (Lipinski definition) is 3. The number of hydrogen-bond donors (Lipinski definition) is 1. The molecule has 1 N–H and O–H groups in total. The Kier molecular flexibility index (Phi) is 7.79. The van der Waals surface area contributed by atoms with Crippen molar-refractivity contribution in [3.63, 3.8) is 0 Å². The van der Waals surface area contributed by atoms with E-state index in [1.165, 1.54) is 43.9 Å². The van der Waals surface area contributed by atoms with Gasteiger partial charge in [0.15, 0.2) is 0 Å². The maximum Gasteiger partial charge on any atom is 0.147 e. The molecule has 0 bridgehead atoms. The summed E-state index contributed by atoms with van der Waals surface area (Å²) >= 11 is 0. The van der Waals surface area contributed by atoms with Crippen LogP contribution in [0.5, 0.6) is 5.75 Å². The third kappa shape index (κ3) is 9.51. The van der Waals surface area contributed by atoms with Crippen molar-refractivity contribution >= 4 is 9.84 Å². The zero-order valence-corrected chi connectivity index (χ0v) is 14.0. The lowest BCUT2D eigenvalue weighted by atomic mass is 9.86. The average molecular weight is 312 g/mol. The molecule has 1 saturated carbocycles. The number of phenols is 1. The Morgan fingerprint density at radius 3 is 2.14 bits per heavy atom. The molecule has 0 amide bonds. The van der Waals surface area contributed by atoms with E-state index in [1.54, 1.807) is 12.1 Å². The second-order valence-electron chi connectivity index (χ2n) is 6.11. The zero-order chi connectivity index (χ0) is 15.7. The molecule has 0 radical (unpaired) electrons. The van der Waals surface area contributed by atoms with Gasteiger partial charge in [-0.2, -0.15) is 0 Å². The van der Waals surface area contributed by atoms with E-state index >= 15 is 0 Å². The van der Waals surface area contributed by atoms with Gasteiger partial charge in [-0.15, -0.1) is 0 Å². The fourth-order valence-corrected chi connectivity index (χ4v) is 3.35. The van der Waals surface area contributed by atoms with Gasteiger partial charge in [-0.25, -0.2) is 8.42 Å². The number of benzene rings is 1. The predicted molar refractivity (Wildman–Crippen MR) is 88.4 cm³/mol. The minimum Gasteiger partial charge on any atom is -0.508 e. The summed E-state index contributed by atoms with van der Waals surface area (Å²) in [4.78, 5) is 0. The molecular formula is C17H28O3S. The molecule has 0 aromatic heterocycles. The van der Waals surface area contributed by atoms with E-state index in [1.807, 2.05) is 19.1 Å². The molecule has 4 heteroatoms. The van der Waals surface area contributed by atoms with Crippen molar-refractivity contribution < 1.29 is 13.5 Å². The normalized spacial score (nSPS) is 16.1. The second-order valence-corrected chi connectivity index (χ2v) is 8.37. The molecule has 1 fully saturated rings. The van der Waals surface area contributed by atoms with E-state index in [0.717, 1.165) is 18.8 Å². The summed E-state index contributed by atoms with van der Waals surface area (Å²) in [6.07, 6.45) is 10.0. The summed E-state index contributed by atoms with van der Waals surface area (Å²) in [5.74, 6) is 1.52. The molecule has 1 aliphatic rings. The second kappa shape index (κ2) is 9.08. The number of aromatic hydroxyl groups is 1. The minimum absolute atomic E-state index is 0.329. The van der Waals surface area contributed by atoms with Gasteiger partial charge in [0.05, 0.1) is 0 Å². The van der Waals surface area contributed by atoms with Crippen molar-refractivity contribution in [2.75, 3.05) is 12.0 Å². The summed E-state index contributed by atoms with van der Waals surface area (Å²) in [5.41, 5.74) is 1.17. The highest BCUT2D eigenvalue weighted by atomic mass is 32.2. The average Bonchev–Trinajstić information content (AvgIpc) is 2.43. The van der Waals surface area contributed by atoms with Crippen LogP contribution in [-0.2, 0) is 9.84 Å². The van der Waals surface area contributed by atoms with Crippen LogP contribution in [-0.4, -0.2) is 25.5 Å². The van der Waals surface area contributed by atoms with Crippen molar-refractivity contribution in [3.8, 4) is 5.75 Å². The quantitative estimate of drug-likeness (QED) is 0.911. The number of aryl methyl sites for hydroxylation is 1. The van der Waals surface area contributed by atoms with Crippen LogP contribution < -0.4 is 0 Å². The third-order valence-corrected chi connectivity index (χ3v) is 4.92. The van der Waals surface area contributed by atoms with E-state index in [2.05, 4.69) is 0 Å². The molecule has 0 heterocycles. The summed E-state index contributed by atoms with van der Waals surface area (Å²) in [7, 11) is -2.72. The molecule has 0 spiro atoms. The van der Waals surface area contributed by atoms with Gasteiger partial charge in [0, 0.05) is 12.0 Å². The van der Waals surface area contributed by atoms with E-state index < -0.39 is 9.84 Å². The minimum atomic E-state index is -2.72. The van der Waals surface area contributed by atoms with Gasteiger partial charge in [0.1, 0.15) is 15.6 Å². The molecule has 0 saturated heterocycles. The lowest BCUT2D eigenvalue weighted by molar-refractivity contribution is 0.337. The Labute approximate surface area is 129 Å². The smallest absolute Gasteiger partial charge is 0.147 e. The van der Waals surface area contributed by atoms with Crippen molar-refractivity contribution in [3.05, 3.63) is 29.8 Å². The molecule has 0 unspecified atom stereocenters. The molecule has 2 rings (SSSR count). The maximum atomic E-state index is 10.9. The first-order valence-electron chi connectivity index (χ1n) is 7.80. The zero-order valence-electron chi connectivity index (χ0n) is 13.2. The molecule has 0 atom stereocenters. The Balaban J connectivity index is 0.000000235. The monoisotopic (exact) mass is 312 g/mol. The molecule has 1 aromatic carbocycles. The Bertz CT molecular complexity index is 464. The Morgan fingerprint density at radius 2 is 1.67 bits per heavy atom. The number of rotatable bonds is 4. The third-order valence-electron chi connectivity index (χ3n) is 3.89. The molecule has 120 valence electrons. The van der Waals surface area contributed by atoms with E-state index in [-0.39, 0.29) is 0 Å². The summed E-state index contributed by atoms with van der Waals surface area (Å²) in [5, 5.41) is 8.76. The summed E-state index contributed by atoms with van der Waals surface area (Å²) in [6.45, 7) is 1.99. The number of sulfone groups is 1. The van der Waals surface area contributed by atoms with Crippen LogP contribution in [0.3, 0.4) is 0 Å². The van der Waals surface area contributed by atoms with Crippen LogP contribution in [0.25, 0.3) is 0 Å². The molecule has 1 aliphatic carbocycles. The SMILES string of the molecule is CS(=O)(=O)CCCC1CCCCC1.Cc1ccc(O)cc1. The van der Waals surface area contributed by atoms with Crippen LogP contribution >= 0.6 is 0 Å². The van der Waals surface area contributed by atoms with Crippen molar-refractivity contribution in [1.29, 1.82) is 0 Å². The maximum absolute atomic E-state index is 10.9. The van der Waals surface area contributed by atoms with Crippen molar-refractivity contribution in [1.82, 2.24) is 0 Å². The Hall–Kier alpha value is -1.03. The van der Waals surface area contributed by atoms with Gasteiger partial charge in [0.2, 0.25) is 0 Å². The van der Waals surface area contributed by atoms with Crippen LogP contribution in [0.2, 0.25) is 0 Å². The highest BCUT2D eigenvalue weighted by molar-refractivity contribution is 7.90. The highest BCUT2D eigenvalue weighted by Crippen LogP contribution is 2.27. The topological polar surface area (TPSA) is 54.4 Å². The molecule has 1 aromatic rings. The first-order valence-corrected chi connectivity index (χ1v) is 9.86. The van der Waals surface area contributed by atoms with Crippen molar-refractivity contribution in [2.24, 2.45) is 5.92 Å². The van der Waals surface area contributed by atoms with Gasteiger partial charge in [0.25, 0.3) is 0 Å². The predicted octanol–water partition coefficient (Wildman–Crippen LogP) is 4.09. The number of phenolic OH excluding ortho intramolecular Hbond substituents is 1. The van der Waals surface area contributed by atoms with Crippen LogP contribution in [0.15, 0.2) is 24.3 Å². The van der Waals surface area contributed by atoms with Gasteiger partial charge < -0.3 is 5.11 Å². The van der Waals surface area contributed by atoms with Gasteiger partial charge in [-0.05, 0) is 37.8 Å². The van der Waals surface area contributed by atoms with E-state index in [9.17, 15) is 8.42 Å². The lowest BCUT2D eigenvalue weighted by Crippen LogP contribution is -2.09. The lowest BCUT2D eigenvalue weighted by Gasteiger charge is -2.20. The molecule has 3 nitrogen and oxygen atoms in total. The van der Waals surface area contributed by atoms with Crippen LogP contribution in [0.1, 0.15) is 50.5 Å². The standard InChI is InChI=1S/C10H20O2S.C7H8O/c1-13(11,12)9-5-8-10-6-3-2-4-7-10;1-6-2-4-7(8)5-3-6/h10H,2-9H2,1H3;2-5,8H,1H3. The van der Waals surface area contributed by atoms with Gasteiger partial charge in [-0.3, -0.25) is 0 Å². The largest absolute Gasteiger partial charge is 0.508 e. The molecular weight excluding hydrogens is 284 g/mol. The van der Waals surface area contributed by atoms with Crippen molar-refractivity contribution in [2.45, 2.75) is 51.9 Å². The fourth-order valence-electron chi connectivity index (χ4n) is 2.65. The highest BCUT2D eigenvalue weighted by Gasteiger charge is 2.13. The molecule has 0 aliphatic heterocycles. The molecule has 21 heavy (non-hydrogen) atoms. The van der Waals surface area contributed by atoms with E-state index in [0.29, 0.717) is 11.5 Å². The van der Waals surface area contributed by atoms with Crippen LogP contribution in [0.4, 0.5) is 0 Å². The first kappa shape index (κ1) is 18.0. The van der Waals surface area contributed by atoms with Gasteiger partial charge >= 0.3 is 0 Å². The summed E-state index contributed by atoms with van der Waals surface area (Å²) in [6, 6.07) is 7.09. The van der Waals surface area contributed by atoms with Gasteiger partial charge in [-0.1, -0.05) is 49.8 Å². The fraction of sp³-hybridized carbons (Fsp3) is 0.647. The Morgan fingerprint density at radius 1 is 1.10 bits per heavy atom.